The molecule has 4 heteroatoms. The predicted molar refractivity (Wildman–Crippen MR) is 80.7 cm³/mol. The standard InChI is InChI=1S/C16H10Cl2O2/c17-12-6-5-10(14(18)8-12)7-11-9-20-15-4-2-1-3-13(15)16(11)19/h1-8H,9H2/b11-7+. The van der Waals surface area contributed by atoms with Gasteiger partial charge in [-0.2, -0.15) is 0 Å². The van der Waals surface area contributed by atoms with E-state index in [4.69, 9.17) is 27.9 Å². The second-order valence-corrected chi connectivity index (χ2v) is 5.29. The minimum absolute atomic E-state index is 0.0298. The summed E-state index contributed by atoms with van der Waals surface area (Å²) in [7, 11) is 0. The summed E-state index contributed by atoms with van der Waals surface area (Å²) in [5, 5.41) is 1.07. The van der Waals surface area contributed by atoms with Crippen molar-refractivity contribution in [2.24, 2.45) is 0 Å². The summed E-state index contributed by atoms with van der Waals surface area (Å²) in [6, 6.07) is 12.4. The Bertz CT molecular complexity index is 720. The Hall–Kier alpha value is -1.77. The lowest BCUT2D eigenvalue weighted by atomic mass is 9.98. The van der Waals surface area contributed by atoms with Crippen molar-refractivity contribution in [2.75, 3.05) is 6.61 Å². The maximum atomic E-state index is 12.4. The molecular formula is C16H10Cl2O2. The van der Waals surface area contributed by atoms with Crippen molar-refractivity contribution in [3.8, 4) is 5.75 Å². The lowest BCUT2D eigenvalue weighted by molar-refractivity contribution is 0.100. The summed E-state index contributed by atoms with van der Waals surface area (Å²) in [5.41, 5.74) is 1.91. The second kappa shape index (κ2) is 5.31. The molecule has 0 radical (unpaired) electrons. The Labute approximate surface area is 126 Å². The second-order valence-electron chi connectivity index (χ2n) is 4.45. The number of Topliss-reactive ketones (excluding diaryl/α,β-unsaturated/α-hetero) is 1. The van der Waals surface area contributed by atoms with Gasteiger partial charge in [-0.3, -0.25) is 4.79 Å². The molecule has 2 aromatic carbocycles. The van der Waals surface area contributed by atoms with Gasteiger partial charge in [-0.05, 0) is 35.9 Å². The molecule has 0 aliphatic carbocycles. The quantitative estimate of drug-likeness (QED) is 0.717. The molecule has 100 valence electrons. The summed E-state index contributed by atoms with van der Waals surface area (Å²) < 4.78 is 5.58. The van der Waals surface area contributed by atoms with Gasteiger partial charge >= 0.3 is 0 Å². The zero-order valence-electron chi connectivity index (χ0n) is 10.4. The largest absolute Gasteiger partial charge is 0.488 e. The van der Waals surface area contributed by atoms with Crippen LogP contribution in [0.2, 0.25) is 10.0 Å². The molecule has 0 unspecified atom stereocenters. The third-order valence-electron chi connectivity index (χ3n) is 3.10. The first kappa shape index (κ1) is 13.2. The highest BCUT2D eigenvalue weighted by Crippen LogP contribution is 2.29. The molecule has 3 rings (SSSR count). The molecule has 0 saturated carbocycles. The predicted octanol–water partition coefficient (Wildman–Crippen LogP) is 4.65. The summed E-state index contributed by atoms with van der Waals surface area (Å²) in [6.07, 6.45) is 1.75. The molecule has 0 spiro atoms. The Kier molecular flexibility index (Phi) is 3.51. The van der Waals surface area contributed by atoms with Gasteiger partial charge in [-0.15, -0.1) is 0 Å². The average molecular weight is 305 g/mol. The molecular weight excluding hydrogens is 295 g/mol. The number of benzene rings is 2. The van der Waals surface area contributed by atoms with Crippen LogP contribution in [-0.4, -0.2) is 12.4 Å². The first-order valence-corrected chi connectivity index (χ1v) is 6.83. The molecule has 0 fully saturated rings. The Balaban J connectivity index is 2.00. The van der Waals surface area contributed by atoms with Crippen LogP contribution in [0.4, 0.5) is 0 Å². The van der Waals surface area contributed by atoms with E-state index in [9.17, 15) is 4.79 Å². The molecule has 1 aliphatic rings. The first-order chi connectivity index (χ1) is 9.65. The van der Waals surface area contributed by atoms with Gasteiger partial charge in [0.05, 0.1) is 5.56 Å². The summed E-state index contributed by atoms with van der Waals surface area (Å²) >= 11 is 12.0. The maximum absolute atomic E-state index is 12.4. The van der Waals surface area contributed by atoms with Crippen LogP contribution < -0.4 is 4.74 Å². The van der Waals surface area contributed by atoms with Gasteiger partial charge in [0.25, 0.3) is 0 Å². The molecule has 0 saturated heterocycles. The van der Waals surface area contributed by atoms with E-state index in [0.29, 0.717) is 26.9 Å². The van der Waals surface area contributed by atoms with E-state index in [2.05, 4.69) is 0 Å². The van der Waals surface area contributed by atoms with Crippen LogP contribution in [0.15, 0.2) is 48.0 Å². The van der Waals surface area contributed by atoms with Crippen LogP contribution in [0.5, 0.6) is 5.75 Å². The zero-order valence-corrected chi connectivity index (χ0v) is 11.9. The van der Waals surface area contributed by atoms with Crippen molar-refractivity contribution in [3.63, 3.8) is 0 Å². The smallest absolute Gasteiger partial charge is 0.196 e. The molecule has 0 bridgehead atoms. The van der Waals surface area contributed by atoms with Crippen molar-refractivity contribution >= 4 is 35.1 Å². The molecule has 0 aromatic heterocycles. The lowest BCUT2D eigenvalue weighted by Crippen LogP contribution is -2.18. The van der Waals surface area contributed by atoms with Gasteiger partial charge < -0.3 is 4.74 Å². The number of rotatable bonds is 1. The van der Waals surface area contributed by atoms with Gasteiger partial charge in [0.2, 0.25) is 0 Å². The topological polar surface area (TPSA) is 26.3 Å². The van der Waals surface area contributed by atoms with Crippen molar-refractivity contribution in [3.05, 3.63) is 69.2 Å². The normalized spacial score (nSPS) is 15.9. The summed E-state index contributed by atoms with van der Waals surface area (Å²) in [6.45, 7) is 0.245. The first-order valence-electron chi connectivity index (χ1n) is 6.07. The number of carbonyl (C=O) groups is 1. The third-order valence-corrected chi connectivity index (χ3v) is 3.66. The molecule has 0 N–H and O–H groups in total. The number of carbonyl (C=O) groups excluding carboxylic acids is 1. The number of hydrogen-bond donors (Lipinski definition) is 0. The zero-order chi connectivity index (χ0) is 14.1. The number of ether oxygens (including phenoxy) is 1. The van der Waals surface area contributed by atoms with E-state index >= 15 is 0 Å². The van der Waals surface area contributed by atoms with Gasteiger partial charge in [-0.1, -0.05) is 41.4 Å². The fourth-order valence-electron chi connectivity index (χ4n) is 2.09. The molecule has 20 heavy (non-hydrogen) atoms. The number of hydrogen-bond acceptors (Lipinski definition) is 2. The van der Waals surface area contributed by atoms with Crippen LogP contribution in [0.1, 0.15) is 15.9 Å². The van der Waals surface area contributed by atoms with E-state index in [1.54, 1.807) is 36.4 Å². The van der Waals surface area contributed by atoms with Crippen LogP contribution in [0, 0.1) is 0 Å². The third kappa shape index (κ3) is 2.45. The Morgan fingerprint density at radius 1 is 1.10 bits per heavy atom. The SMILES string of the molecule is O=C1/C(=C/c2ccc(Cl)cc2Cl)COc2ccccc21. The van der Waals surface area contributed by atoms with Gasteiger partial charge in [0.15, 0.2) is 5.78 Å². The van der Waals surface area contributed by atoms with Crippen LogP contribution in [0.3, 0.4) is 0 Å². The Morgan fingerprint density at radius 2 is 1.90 bits per heavy atom. The summed E-state index contributed by atoms with van der Waals surface area (Å²) in [5.74, 6) is 0.592. The van der Waals surface area contributed by atoms with Gasteiger partial charge in [0.1, 0.15) is 12.4 Å². The highest BCUT2D eigenvalue weighted by molar-refractivity contribution is 6.35. The van der Waals surface area contributed by atoms with Crippen LogP contribution >= 0.6 is 23.2 Å². The Morgan fingerprint density at radius 3 is 2.70 bits per heavy atom. The van der Waals surface area contributed by atoms with E-state index in [-0.39, 0.29) is 12.4 Å². The van der Waals surface area contributed by atoms with Gasteiger partial charge in [0, 0.05) is 15.6 Å². The van der Waals surface area contributed by atoms with E-state index in [1.165, 1.54) is 0 Å². The van der Waals surface area contributed by atoms with Gasteiger partial charge in [-0.25, -0.2) is 0 Å². The molecule has 1 heterocycles. The van der Waals surface area contributed by atoms with E-state index in [1.807, 2.05) is 12.1 Å². The minimum Gasteiger partial charge on any atom is -0.488 e. The molecule has 1 aliphatic heterocycles. The highest BCUT2D eigenvalue weighted by atomic mass is 35.5. The molecule has 2 aromatic rings. The monoisotopic (exact) mass is 304 g/mol. The fourth-order valence-corrected chi connectivity index (χ4v) is 2.55. The van der Waals surface area contributed by atoms with Crippen molar-refractivity contribution < 1.29 is 9.53 Å². The fraction of sp³-hybridized carbons (Fsp3) is 0.0625. The number of fused-ring (bicyclic) bond motifs is 1. The average Bonchev–Trinajstić information content (AvgIpc) is 2.45. The summed E-state index contributed by atoms with van der Waals surface area (Å²) in [4.78, 5) is 12.4. The number of halogens is 2. The van der Waals surface area contributed by atoms with Crippen LogP contribution in [0.25, 0.3) is 6.08 Å². The minimum atomic E-state index is -0.0298. The number of ketones is 1. The van der Waals surface area contributed by atoms with E-state index in [0.717, 1.165) is 5.56 Å². The highest BCUT2D eigenvalue weighted by Gasteiger charge is 2.22. The van der Waals surface area contributed by atoms with Crippen molar-refractivity contribution in [1.82, 2.24) is 0 Å². The lowest BCUT2D eigenvalue weighted by Gasteiger charge is -2.18. The number of para-hydroxylation sites is 1. The van der Waals surface area contributed by atoms with Crippen molar-refractivity contribution in [1.29, 1.82) is 0 Å². The molecule has 2 nitrogen and oxygen atoms in total. The molecule has 0 atom stereocenters. The van der Waals surface area contributed by atoms with Crippen LogP contribution in [-0.2, 0) is 0 Å². The van der Waals surface area contributed by atoms with E-state index < -0.39 is 0 Å². The van der Waals surface area contributed by atoms with Crippen molar-refractivity contribution in [2.45, 2.75) is 0 Å². The molecule has 0 amide bonds. The maximum Gasteiger partial charge on any atom is 0.196 e.